The largest absolute Gasteiger partial charge is 0.497 e. The molecule has 0 saturated heterocycles. The van der Waals surface area contributed by atoms with Crippen LogP contribution < -0.4 is 4.74 Å². The van der Waals surface area contributed by atoms with Crippen molar-refractivity contribution in [1.29, 1.82) is 0 Å². The summed E-state index contributed by atoms with van der Waals surface area (Å²) in [5.74, 6) is 3.07. The number of rotatable bonds is 4. The van der Waals surface area contributed by atoms with E-state index in [9.17, 15) is 0 Å². The Kier molecular flexibility index (Phi) is 3.29. The molecule has 1 aromatic carbocycles. The van der Waals surface area contributed by atoms with Crippen molar-refractivity contribution in [2.24, 2.45) is 0 Å². The molecule has 23 heavy (non-hydrogen) atoms. The van der Waals surface area contributed by atoms with Gasteiger partial charge in [0.25, 0.3) is 5.89 Å². The van der Waals surface area contributed by atoms with Crippen LogP contribution in [0, 0.1) is 6.92 Å². The molecule has 1 aliphatic carbocycles. The fourth-order valence-electron chi connectivity index (χ4n) is 2.44. The predicted octanol–water partition coefficient (Wildman–Crippen LogP) is 3.39. The van der Waals surface area contributed by atoms with Gasteiger partial charge in [0.05, 0.1) is 18.4 Å². The van der Waals surface area contributed by atoms with E-state index in [1.807, 2.05) is 31.2 Å². The molecule has 0 spiro atoms. The van der Waals surface area contributed by atoms with Crippen molar-refractivity contribution in [3.05, 3.63) is 42.0 Å². The summed E-state index contributed by atoms with van der Waals surface area (Å²) in [5, 5.41) is 8.25. The number of aromatic nitrogens is 4. The second-order valence-electron chi connectivity index (χ2n) is 5.65. The molecule has 0 amide bonds. The number of hydrogen-bond acceptors (Lipinski definition) is 6. The summed E-state index contributed by atoms with van der Waals surface area (Å²) in [7, 11) is 1.63. The van der Waals surface area contributed by atoms with Crippen molar-refractivity contribution in [2.75, 3.05) is 7.11 Å². The van der Waals surface area contributed by atoms with E-state index in [-0.39, 0.29) is 0 Å². The molecule has 6 heteroatoms. The van der Waals surface area contributed by atoms with Gasteiger partial charge in [-0.1, -0.05) is 6.07 Å². The van der Waals surface area contributed by atoms with Gasteiger partial charge in [-0.2, -0.15) is 0 Å². The minimum atomic E-state index is 0.433. The quantitative estimate of drug-likeness (QED) is 0.735. The SMILES string of the molecule is COc1cccc(-c2nnc(-c3cnc(C4CC4)nc3C)o2)c1. The average Bonchev–Trinajstić information content (AvgIpc) is 3.32. The fourth-order valence-corrected chi connectivity index (χ4v) is 2.44. The maximum Gasteiger partial charge on any atom is 0.251 e. The Hall–Kier alpha value is -2.76. The zero-order valence-corrected chi connectivity index (χ0v) is 13.0. The predicted molar refractivity (Wildman–Crippen MR) is 84.0 cm³/mol. The third-order valence-corrected chi connectivity index (χ3v) is 3.91. The number of hydrogen-bond donors (Lipinski definition) is 0. The summed E-state index contributed by atoms with van der Waals surface area (Å²) in [5.41, 5.74) is 2.45. The van der Waals surface area contributed by atoms with E-state index < -0.39 is 0 Å². The molecule has 116 valence electrons. The summed E-state index contributed by atoms with van der Waals surface area (Å²) in [6, 6.07) is 7.52. The van der Waals surface area contributed by atoms with Gasteiger partial charge in [-0.15, -0.1) is 10.2 Å². The van der Waals surface area contributed by atoms with Crippen LogP contribution in [0.5, 0.6) is 5.75 Å². The maximum absolute atomic E-state index is 5.79. The van der Waals surface area contributed by atoms with Crippen molar-refractivity contribution in [3.8, 4) is 28.7 Å². The van der Waals surface area contributed by atoms with E-state index in [1.54, 1.807) is 13.3 Å². The van der Waals surface area contributed by atoms with E-state index in [2.05, 4.69) is 20.2 Å². The Bertz CT molecular complexity index is 855. The Morgan fingerprint density at radius 2 is 2.00 bits per heavy atom. The molecule has 1 saturated carbocycles. The van der Waals surface area contributed by atoms with Gasteiger partial charge in [0.1, 0.15) is 11.6 Å². The Balaban J connectivity index is 1.67. The molecule has 0 atom stereocenters. The molecule has 3 aromatic rings. The lowest BCUT2D eigenvalue weighted by atomic mass is 10.2. The highest BCUT2D eigenvalue weighted by atomic mass is 16.5. The number of ether oxygens (including phenoxy) is 1. The Labute approximate surface area is 133 Å². The van der Waals surface area contributed by atoms with Gasteiger partial charge in [0.2, 0.25) is 5.89 Å². The molecule has 1 fully saturated rings. The monoisotopic (exact) mass is 308 g/mol. The molecule has 6 nitrogen and oxygen atoms in total. The highest BCUT2D eigenvalue weighted by molar-refractivity contribution is 5.60. The minimum absolute atomic E-state index is 0.433. The van der Waals surface area contributed by atoms with Gasteiger partial charge in [-0.05, 0) is 38.0 Å². The minimum Gasteiger partial charge on any atom is -0.497 e. The molecular weight excluding hydrogens is 292 g/mol. The maximum atomic E-state index is 5.79. The summed E-state index contributed by atoms with van der Waals surface area (Å²) in [4.78, 5) is 8.99. The number of benzene rings is 1. The van der Waals surface area contributed by atoms with Gasteiger partial charge in [-0.25, -0.2) is 9.97 Å². The average molecular weight is 308 g/mol. The molecule has 2 aromatic heterocycles. The fraction of sp³-hybridized carbons (Fsp3) is 0.294. The lowest BCUT2D eigenvalue weighted by Gasteiger charge is -2.02. The van der Waals surface area contributed by atoms with Crippen LogP contribution in [0.25, 0.3) is 22.9 Å². The third-order valence-electron chi connectivity index (χ3n) is 3.91. The Morgan fingerprint density at radius 1 is 1.17 bits per heavy atom. The molecule has 1 aliphatic rings. The van der Waals surface area contributed by atoms with Gasteiger partial charge < -0.3 is 9.15 Å². The summed E-state index contributed by atoms with van der Waals surface area (Å²) < 4.78 is 11.0. The Morgan fingerprint density at radius 3 is 2.74 bits per heavy atom. The number of methoxy groups -OCH3 is 1. The van der Waals surface area contributed by atoms with Crippen LogP contribution in [0.15, 0.2) is 34.9 Å². The van der Waals surface area contributed by atoms with Gasteiger partial charge >= 0.3 is 0 Å². The van der Waals surface area contributed by atoms with Crippen LogP contribution in [-0.4, -0.2) is 27.3 Å². The molecular formula is C17H16N4O2. The molecule has 0 bridgehead atoms. The van der Waals surface area contributed by atoms with Gasteiger partial charge in [0.15, 0.2) is 0 Å². The third kappa shape index (κ3) is 2.67. The van der Waals surface area contributed by atoms with E-state index >= 15 is 0 Å². The van der Waals surface area contributed by atoms with E-state index in [4.69, 9.17) is 9.15 Å². The van der Waals surface area contributed by atoms with Crippen LogP contribution in [0.3, 0.4) is 0 Å². The van der Waals surface area contributed by atoms with Crippen molar-refractivity contribution < 1.29 is 9.15 Å². The van der Waals surface area contributed by atoms with E-state index in [1.165, 1.54) is 12.8 Å². The van der Waals surface area contributed by atoms with Crippen molar-refractivity contribution >= 4 is 0 Å². The molecule has 0 N–H and O–H groups in total. The highest BCUT2D eigenvalue weighted by Gasteiger charge is 2.27. The van der Waals surface area contributed by atoms with Crippen LogP contribution in [-0.2, 0) is 0 Å². The number of nitrogens with zero attached hydrogens (tertiary/aromatic N) is 4. The topological polar surface area (TPSA) is 73.9 Å². The normalized spacial score (nSPS) is 14.0. The van der Waals surface area contributed by atoms with Crippen LogP contribution in [0.2, 0.25) is 0 Å². The first-order valence-corrected chi connectivity index (χ1v) is 7.56. The van der Waals surface area contributed by atoms with Crippen molar-refractivity contribution in [2.45, 2.75) is 25.7 Å². The molecule has 2 heterocycles. The highest BCUT2D eigenvalue weighted by Crippen LogP contribution is 2.38. The number of aryl methyl sites for hydroxylation is 1. The van der Waals surface area contributed by atoms with Crippen LogP contribution in [0.1, 0.15) is 30.3 Å². The summed E-state index contributed by atoms with van der Waals surface area (Å²) in [6.07, 6.45) is 4.14. The van der Waals surface area contributed by atoms with E-state index in [0.29, 0.717) is 17.7 Å². The van der Waals surface area contributed by atoms with Crippen molar-refractivity contribution in [1.82, 2.24) is 20.2 Å². The smallest absolute Gasteiger partial charge is 0.251 e. The first kappa shape index (κ1) is 13.9. The second-order valence-corrected chi connectivity index (χ2v) is 5.65. The van der Waals surface area contributed by atoms with Gasteiger partial charge in [0, 0.05) is 17.7 Å². The zero-order valence-electron chi connectivity index (χ0n) is 13.0. The molecule has 0 radical (unpaired) electrons. The second kappa shape index (κ2) is 5.46. The molecule has 0 aliphatic heterocycles. The summed E-state index contributed by atoms with van der Waals surface area (Å²) >= 11 is 0. The lowest BCUT2D eigenvalue weighted by molar-refractivity contribution is 0.415. The molecule has 4 rings (SSSR count). The first-order chi connectivity index (χ1) is 11.2. The van der Waals surface area contributed by atoms with Crippen molar-refractivity contribution in [3.63, 3.8) is 0 Å². The lowest BCUT2D eigenvalue weighted by Crippen LogP contribution is -1.97. The standard InChI is InChI=1S/C17H16N4O2/c1-10-14(9-18-15(19-10)11-6-7-11)17-21-20-16(23-17)12-4-3-5-13(8-12)22-2/h3-5,8-9,11H,6-7H2,1-2H3. The van der Waals surface area contributed by atoms with Crippen LogP contribution in [0.4, 0.5) is 0 Å². The van der Waals surface area contributed by atoms with Crippen LogP contribution >= 0.6 is 0 Å². The summed E-state index contributed by atoms with van der Waals surface area (Å²) in [6.45, 7) is 1.94. The van der Waals surface area contributed by atoms with Gasteiger partial charge in [-0.3, -0.25) is 0 Å². The molecule has 0 unspecified atom stereocenters. The van der Waals surface area contributed by atoms with E-state index in [0.717, 1.165) is 28.4 Å². The zero-order chi connectivity index (χ0) is 15.8. The first-order valence-electron chi connectivity index (χ1n) is 7.56.